The molecule has 79 heavy (non-hydrogen) atoms. The van der Waals surface area contributed by atoms with Crippen LogP contribution in [0.1, 0.15) is 118 Å². The highest BCUT2D eigenvalue weighted by atomic mass is 16.5. The second-order valence-electron chi connectivity index (χ2n) is 23.6. The maximum Gasteiger partial charge on any atom is 0.318 e. The highest BCUT2D eigenvalue weighted by Gasteiger charge is 2.64. The van der Waals surface area contributed by atoms with Crippen LogP contribution in [0.2, 0.25) is 0 Å². The number of aromatic hydroxyl groups is 2. The number of cyclic esters (lactones) is 1. The first-order valence-electron chi connectivity index (χ1n) is 28.6. The number of aryl methyl sites for hydroxylation is 1. The molecule has 6 aromatic rings. The average molecular weight is 1080 g/mol. The fraction of sp³-hybridized carbons (Fsp3) is 0.500. The van der Waals surface area contributed by atoms with Gasteiger partial charge in [0, 0.05) is 73.4 Å². The lowest BCUT2D eigenvalue weighted by atomic mass is 9.47. The van der Waals surface area contributed by atoms with Gasteiger partial charge in [0.25, 0.3) is 0 Å². The topological polar surface area (TPSA) is 232 Å². The summed E-state index contributed by atoms with van der Waals surface area (Å²) in [6, 6.07) is 21.1. The Morgan fingerprint density at radius 3 is 2.61 bits per heavy atom. The quantitative estimate of drug-likeness (QED) is 0.0348. The van der Waals surface area contributed by atoms with E-state index in [0.717, 1.165) is 87.6 Å². The molecule has 2 bridgehead atoms. The Morgan fingerprint density at radius 2 is 1.78 bits per heavy atom. The van der Waals surface area contributed by atoms with Crippen LogP contribution in [-0.4, -0.2) is 114 Å². The van der Waals surface area contributed by atoms with Crippen molar-refractivity contribution in [3.8, 4) is 34.8 Å². The van der Waals surface area contributed by atoms with Gasteiger partial charge in [0.15, 0.2) is 23.0 Å². The van der Waals surface area contributed by atoms with Crippen LogP contribution >= 0.6 is 0 Å². The molecule has 5 aliphatic rings. The molecule has 3 aromatic carbocycles. The van der Waals surface area contributed by atoms with Gasteiger partial charge in [-0.1, -0.05) is 42.2 Å². The van der Waals surface area contributed by atoms with Crippen LogP contribution in [0.5, 0.6) is 23.0 Å². The van der Waals surface area contributed by atoms with E-state index in [1.54, 1.807) is 19.2 Å². The van der Waals surface area contributed by atoms with Gasteiger partial charge in [0.1, 0.15) is 24.9 Å². The normalized spacial score (nSPS) is 28.3. The summed E-state index contributed by atoms with van der Waals surface area (Å²) in [5, 5.41) is 70.3. The van der Waals surface area contributed by atoms with Gasteiger partial charge < -0.3 is 64.7 Å². The van der Waals surface area contributed by atoms with E-state index in [9.17, 15) is 35.4 Å². The number of phenols is 2. The van der Waals surface area contributed by atoms with Crippen molar-refractivity contribution in [1.29, 1.82) is 0 Å². The van der Waals surface area contributed by atoms with Gasteiger partial charge in [-0.05, 0) is 177 Å². The van der Waals surface area contributed by atoms with Gasteiger partial charge in [-0.2, -0.15) is 0 Å². The second-order valence-corrected chi connectivity index (χ2v) is 23.6. The van der Waals surface area contributed by atoms with Crippen molar-refractivity contribution in [3.63, 3.8) is 0 Å². The maximum atomic E-state index is 15.4. The van der Waals surface area contributed by atoms with Gasteiger partial charge in [-0.3, -0.25) is 9.59 Å². The van der Waals surface area contributed by atoms with Crippen molar-refractivity contribution in [2.45, 2.75) is 133 Å². The molecule has 15 nitrogen and oxygen atoms in total. The lowest BCUT2D eigenvalue weighted by Gasteiger charge is -2.57. The Bertz CT molecular complexity index is 3290. The van der Waals surface area contributed by atoms with Gasteiger partial charge in [0.2, 0.25) is 0 Å². The summed E-state index contributed by atoms with van der Waals surface area (Å²) in [5.74, 6) is 5.88. The van der Waals surface area contributed by atoms with Crippen LogP contribution in [0.3, 0.4) is 0 Å². The third-order valence-corrected chi connectivity index (χ3v) is 18.7. The molecular weight excluding hydrogens is 1000 g/mol. The summed E-state index contributed by atoms with van der Waals surface area (Å²) in [5.41, 5.74) is 7.46. The van der Waals surface area contributed by atoms with Crippen molar-refractivity contribution >= 4 is 39.3 Å². The van der Waals surface area contributed by atoms with Crippen LogP contribution in [0, 0.1) is 46.8 Å². The summed E-state index contributed by atoms with van der Waals surface area (Å²) >= 11 is 0. The highest BCUT2D eigenvalue weighted by molar-refractivity contribution is 5.94. The molecule has 0 saturated heterocycles. The number of nitrogens with zero attached hydrogens (tertiary/aromatic N) is 1. The van der Waals surface area contributed by atoms with Crippen LogP contribution in [-0.2, 0) is 33.7 Å². The lowest BCUT2D eigenvalue weighted by molar-refractivity contribution is -0.149. The Balaban J connectivity index is 1.07. The number of methoxy groups -OCH3 is 1. The molecule has 11 rings (SSSR count). The number of β-amino-alcohol motifs (C(OH)–C–C–N with tert-alkyl or cyclic N) is 1. The number of allylic oxidation sites excluding steroid dienone is 1. The minimum atomic E-state index is -0.800. The number of ketones is 1. The molecule has 418 valence electrons. The van der Waals surface area contributed by atoms with E-state index in [-0.39, 0.29) is 103 Å². The molecule has 3 saturated carbocycles. The van der Waals surface area contributed by atoms with Crippen molar-refractivity contribution in [2.24, 2.45) is 35.0 Å². The predicted molar refractivity (Wildman–Crippen MR) is 301 cm³/mol. The van der Waals surface area contributed by atoms with Crippen molar-refractivity contribution < 1.29 is 54.4 Å². The van der Waals surface area contributed by atoms with Crippen molar-refractivity contribution in [2.75, 3.05) is 33.5 Å². The first-order chi connectivity index (χ1) is 38.3. The summed E-state index contributed by atoms with van der Waals surface area (Å²) in [6.07, 6.45) is 11.3. The number of hydrogen-bond acceptors (Lipinski definition) is 12. The van der Waals surface area contributed by atoms with E-state index in [4.69, 9.17) is 14.2 Å². The molecule has 0 amide bonds. The molecule has 1 spiro atoms. The molecule has 15 heteroatoms. The number of aliphatic hydroxyl groups is 4. The number of hydrogen-bond donors (Lipinski definition) is 9. The second kappa shape index (κ2) is 22.9. The number of benzene rings is 3. The Hall–Kier alpha value is -6.54. The highest BCUT2D eigenvalue weighted by Crippen LogP contribution is 2.68. The van der Waals surface area contributed by atoms with Crippen LogP contribution in [0.4, 0.5) is 0 Å². The molecular formula is C64H76N4O11. The molecule has 4 heterocycles. The summed E-state index contributed by atoms with van der Waals surface area (Å²) in [7, 11) is 1.54. The van der Waals surface area contributed by atoms with Gasteiger partial charge in [-0.25, -0.2) is 0 Å². The maximum absolute atomic E-state index is 15.4. The monoisotopic (exact) mass is 1080 g/mol. The number of carbonyl (C=O) groups excluding carboxylic acids is 2. The first-order valence-corrected chi connectivity index (χ1v) is 28.6. The number of aromatic nitrogens is 3. The van der Waals surface area contributed by atoms with Crippen molar-refractivity contribution in [1.82, 2.24) is 19.9 Å². The molecule has 9 N–H and O–H groups in total. The number of Topliss-reactive ketones (excluding diaryl/α,β-unsaturated/α-hetero) is 1. The van der Waals surface area contributed by atoms with Gasteiger partial charge in [0.05, 0.1) is 42.7 Å². The van der Waals surface area contributed by atoms with Gasteiger partial charge >= 0.3 is 5.97 Å². The number of para-hydroxylation sites is 1. The minimum Gasteiger partial charge on any atom is -0.504 e. The van der Waals surface area contributed by atoms with Crippen LogP contribution in [0.25, 0.3) is 27.5 Å². The smallest absolute Gasteiger partial charge is 0.318 e. The number of fused-ring (bicyclic) bond motifs is 10. The van der Waals surface area contributed by atoms with Crippen molar-refractivity contribution in [3.05, 3.63) is 113 Å². The predicted octanol–water partition coefficient (Wildman–Crippen LogP) is 8.61. The van der Waals surface area contributed by atoms with E-state index in [1.165, 1.54) is 6.07 Å². The third-order valence-electron chi connectivity index (χ3n) is 18.7. The zero-order valence-corrected chi connectivity index (χ0v) is 45.4. The number of carbonyl (C=O) groups is 2. The molecule has 11 unspecified atom stereocenters. The van der Waals surface area contributed by atoms with E-state index >= 15 is 4.79 Å². The Morgan fingerprint density at radius 1 is 0.937 bits per heavy atom. The number of H-pyrrole nitrogens is 2. The standard InChI is InChI=1S/C64H76N4O11/c1-38(71)35-66-64(37-68-22-20-54-55(68)19-21-65-54)36-63(34-41(64)8-7-23-69)33-40-27-51-48-31-57(75)58(77-2)32-49(48)50(61(40)47-17-15-42(72)30-52(47)63)29-43(73)28-44(16-13-39-14-18-56(74)59(26-39)78-25-24-70)79-60(76)12-6-4-10-46-45-9-3-5-11-53(45)67-62(46)51/h3,5,9,11,14,18-22,26-27,31-32,38,40-42,44,47,50,52,61,65-67,69-72,74-75H,7-8,10,12-13,15-17,23-25,28-30,33-37H2,1-2H3. The number of ether oxygens (including phenoxy) is 3. The van der Waals surface area contributed by atoms with E-state index in [0.29, 0.717) is 57.4 Å². The van der Waals surface area contributed by atoms with E-state index in [2.05, 4.69) is 68.2 Å². The molecule has 11 atom stereocenters. The summed E-state index contributed by atoms with van der Waals surface area (Å²) in [4.78, 5) is 36.4. The average Bonchev–Trinajstić information content (AvgIpc) is 4.08. The number of aromatic amines is 2. The third kappa shape index (κ3) is 10.8. The van der Waals surface area contributed by atoms with Crippen LogP contribution in [0.15, 0.2) is 85.2 Å². The number of nitrogens with one attached hydrogen (secondary N) is 3. The Kier molecular flexibility index (Phi) is 15.8. The number of esters is 1. The molecule has 1 aliphatic heterocycles. The molecule has 3 fully saturated rings. The largest absolute Gasteiger partial charge is 0.504 e. The van der Waals surface area contributed by atoms with E-state index in [1.807, 2.05) is 37.4 Å². The van der Waals surface area contributed by atoms with Gasteiger partial charge in [-0.15, -0.1) is 0 Å². The fourth-order valence-electron chi connectivity index (χ4n) is 15.6. The number of phenolic OH excluding ortho intramolecular Hbond substituents is 2. The number of aliphatic hydroxyl groups excluding tert-OH is 4. The summed E-state index contributed by atoms with van der Waals surface area (Å²) in [6.45, 7) is 2.69. The Labute approximate surface area is 461 Å². The van der Waals surface area contributed by atoms with E-state index < -0.39 is 29.8 Å². The SMILES string of the molecule is COc1cc2c(cc1O)C1=CC3CC4(CC(CCCO)C(Cn5ccc6[nH]ccc65)(NCC(C)O)C4)C4CC(O)CCC4C3C2CC(=O)CC(CCc2ccc(O)c(OCCO)c2)OC(=O)CC#CCc2c1[nH]c1ccccc21. The van der Waals surface area contributed by atoms with Crippen LogP contribution < -0.4 is 14.8 Å². The number of rotatable bonds is 15. The molecule has 3 aromatic heterocycles. The minimum absolute atomic E-state index is 0.00522. The molecule has 4 aliphatic carbocycles. The first kappa shape index (κ1) is 54.4. The zero-order chi connectivity index (χ0) is 55.0. The summed E-state index contributed by atoms with van der Waals surface area (Å²) < 4.78 is 20.1. The molecule has 0 radical (unpaired) electrons. The fourth-order valence-corrected chi connectivity index (χ4v) is 15.6. The zero-order valence-electron chi connectivity index (χ0n) is 45.4. The lowest BCUT2D eigenvalue weighted by Crippen LogP contribution is -2.55.